The first-order chi connectivity index (χ1) is 10.2. The highest BCUT2D eigenvalue weighted by atomic mass is 16.5. The summed E-state index contributed by atoms with van der Waals surface area (Å²) >= 11 is 0. The molecule has 0 saturated carbocycles. The van der Waals surface area contributed by atoms with Gasteiger partial charge in [0.25, 0.3) is 5.91 Å². The van der Waals surface area contributed by atoms with Gasteiger partial charge >= 0.3 is 0 Å². The summed E-state index contributed by atoms with van der Waals surface area (Å²) in [5.74, 6) is 1.33. The minimum Gasteiger partial charge on any atom is -0.497 e. The number of rotatable bonds is 3. The van der Waals surface area contributed by atoms with Crippen LogP contribution in [0.25, 0.3) is 0 Å². The van der Waals surface area contributed by atoms with Crippen LogP contribution in [0.1, 0.15) is 22.5 Å². The van der Waals surface area contributed by atoms with Gasteiger partial charge in [0.2, 0.25) is 5.95 Å². The summed E-state index contributed by atoms with van der Waals surface area (Å²) in [6, 6.07) is 5.54. The summed E-state index contributed by atoms with van der Waals surface area (Å²) in [4.78, 5) is 16.6. The van der Waals surface area contributed by atoms with Gasteiger partial charge in [-0.05, 0) is 37.1 Å². The summed E-state index contributed by atoms with van der Waals surface area (Å²) in [6.07, 6.45) is 2.83. The second-order valence-electron chi connectivity index (χ2n) is 5.06. The first-order valence-corrected chi connectivity index (χ1v) is 6.94. The van der Waals surface area contributed by atoms with E-state index in [1.54, 1.807) is 13.3 Å². The fraction of sp³-hybridized carbons (Fsp3) is 0.333. The van der Waals surface area contributed by atoms with Crippen molar-refractivity contribution in [2.45, 2.75) is 19.9 Å². The largest absolute Gasteiger partial charge is 0.497 e. The number of carbonyl (C=O) groups excluding carboxylic acids is 1. The summed E-state index contributed by atoms with van der Waals surface area (Å²) in [5, 5.41) is 6.07. The Balaban J connectivity index is 1.78. The number of hydrogen-bond acceptors (Lipinski definition) is 4. The van der Waals surface area contributed by atoms with Crippen LogP contribution in [0.5, 0.6) is 5.75 Å². The second kappa shape index (κ2) is 5.47. The fourth-order valence-electron chi connectivity index (χ4n) is 2.38. The Morgan fingerprint density at radius 1 is 1.48 bits per heavy atom. The molecular formula is C15H18N4O2. The highest BCUT2D eigenvalue weighted by Gasteiger charge is 2.17. The summed E-state index contributed by atoms with van der Waals surface area (Å²) in [6.45, 7) is 3.72. The lowest BCUT2D eigenvalue weighted by Crippen LogP contribution is -2.16. The molecule has 6 nitrogen and oxygen atoms in total. The van der Waals surface area contributed by atoms with Crippen LogP contribution in [0.3, 0.4) is 0 Å². The minimum atomic E-state index is -0.202. The lowest BCUT2D eigenvalue weighted by Gasteiger charge is -2.14. The number of anilines is 2. The Morgan fingerprint density at radius 2 is 2.33 bits per heavy atom. The maximum absolute atomic E-state index is 12.3. The zero-order valence-corrected chi connectivity index (χ0v) is 12.1. The van der Waals surface area contributed by atoms with Crippen molar-refractivity contribution in [2.24, 2.45) is 0 Å². The molecule has 3 rings (SSSR count). The van der Waals surface area contributed by atoms with E-state index in [1.807, 2.05) is 29.7 Å². The molecule has 110 valence electrons. The topological polar surface area (TPSA) is 68.2 Å². The number of ether oxygens (including phenoxy) is 1. The third kappa shape index (κ3) is 2.69. The number of methoxy groups -OCH3 is 1. The molecule has 1 aliphatic heterocycles. The summed E-state index contributed by atoms with van der Waals surface area (Å²) < 4.78 is 7.13. The Kier molecular flexibility index (Phi) is 3.51. The van der Waals surface area contributed by atoms with Crippen molar-refractivity contribution >= 4 is 17.5 Å². The quantitative estimate of drug-likeness (QED) is 0.908. The number of fused-ring (bicyclic) bond motifs is 1. The molecule has 21 heavy (non-hydrogen) atoms. The van der Waals surface area contributed by atoms with E-state index in [9.17, 15) is 4.79 Å². The van der Waals surface area contributed by atoms with Crippen molar-refractivity contribution in [2.75, 3.05) is 24.3 Å². The SMILES string of the molecule is COc1ccc(NC(=O)c2cn3c(n2)NCCC3)c(C)c1. The molecule has 1 aliphatic rings. The molecule has 2 heterocycles. The van der Waals surface area contributed by atoms with Crippen molar-refractivity contribution in [3.8, 4) is 5.75 Å². The summed E-state index contributed by atoms with van der Waals surface area (Å²) in [7, 11) is 1.62. The monoisotopic (exact) mass is 286 g/mol. The van der Waals surface area contributed by atoms with E-state index in [0.29, 0.717) is 5.69 Å². The minimum absolute atomic E-state index is 0.202. The first-order valence-electron chi connectivity index (χ1n) is 6.94. The molecule has 2 aromatic rings. The van der Waals surface area contributed by atoms with Gasteiger partial charge in [0.1, 0.15) is 11.4 Å². The average Bonchev–Trinajstić information content (AvgIpc) is 2.93. The molecule has 1 aromatic heterocycles. The maximum Gasteiger partial charge on any atom is 0.275 e. The van der Waals surface area contributed by atoms with Crippen molar-refractivity contribution in [1.82, 2.24) is 9.55 Å². The predicted octanol–water partition coefficient (Wildman–Crippen LogP) is 2.27. The molecule has 0 fully saturated rings. The van der Waals surface area contributed by atoms with Gasteiger partial charge in [0.15, 0.2) is 0 Å². The molecule has 0 bridgehead atoms. The Bertz CT molecular complexity index is 655. The molecule has 6 heteroatoms. The van der Waals surface area contributed by atoms with E-state index < -0.39 is 0 Å². The van der Waals surface area contributed by atoms with Crippen LogP contribution in [0.2, 0.25) is 0 Å². The fourth-order valence-corrected chi connectivity index (χ4v) is 2.38. The third-order valence-corrected chi connectivity index (χ3v) is 3.55. The standard InChI is InChI=1S/C15H18N4O2/c1-10-8-11(21-2)4-5-12(10)17-14(20)13-9-19-7-3-6-16-15(19)18-13/h4-5,8-9H,3,6-7H2,1-2H3,(H,16,18)(H,17,20). The van der Waals surface area contributed by atoms with E-state index in [0.717, 1.165) is 42.5 Å². The van der Waals surface area contributed by atoms with Gasteiger partial charge in [-0.2, -0.15) is 0 Å². The van der Waals surface area contributed by atoms with Gasteiger partial charge in [-0.3, -0.25) is 4.79 Å². The van der Waals surface area contributed by atoms with Crippen molar-refractivity contribution < 1.29 is 9.53 Å². The smallest absolute Gasteiger partial charge is 0.275 e. The second-order valence-corrected chi connectivity index (χ2v) is 5.06. The van der Waals surface area contributed by atoms with E-state index in [2.05, 4.69) is 15.6 Å². The van der Waals surface area contributed by atoms with E-state index >= 15 is 0 Å². The number of hydrogen-bond donors (Lipinski definition) is 2. The number of nitrogens with one attached hydrogen (secondary N) is 2. The van der Waals surface area contributed by atoms with Gasteiger partial charge < -0.3 is 19.9 Å². The molecule has 1 aromatic carbocycles. The molecule has 1 amide bonds. The lowest BCUT2D eigenvalue weighted by molar-refractivity contribution is 0.102. The maximum atomic E-state index is 12.3. The first kappa shape index (κ1) is 13.5. The number of aryl methyl sites for hydroxylation is 2. The normalized spacial score (nSPS) is 13.2. The third-order valence-electron chi connectivity index (χ3n) is 3.55. The van der Waals surface area contributed by atoms with Crippen molar-refractivity contribution in [3.63, 3.8) is 0 Å². The van der Waals surface area contributed by atoms with Crippen molar-refractivity contribution in [3.05, 3.63) is 35.7 Å². The van der Waals surface area contributed by atoms with Crippen LogP contribution in [-0.2, 0) is 6.54 Å². The van der Waals surface area contributed by atoms with Gasteiger partial charge in [-0.15, -0.1) is 0 Å². The molecule has 0 saturated heterocycles. The van der Waals surface area contributed by atoms with E-state index in [1.165, 1.54) is 0 Å². The number of carbonyl (C=O) groups is 1. The number of benzene rings is 1. The van der Waals surface area contributed by atoms with Crippen LogP contribution in [-0.4, -0.2) is 29.1 Å². The van der Waals surface area contributed by atoms with E-state index in [4.69, 9.17) is 4.74 Å². The highest BCUT2D eigenvalue weighted by Crippen LogP contribution is 2.22. The Hall–Kier alpha value is -2.50. The van der Waals surface area contributed by atoms with Gasteiger partial charge in [-0.25, -0.2) is 4.98 Å². The van der Waals surface area contributed by atoms with Gasteiger partial charge in [0.05, 0.1) is 7.11 Å². The van der Waals surface area contributed by atoms with Crippen LogP contribution >= 0.6 is 0 Å². The molecule has 0 aliphatic carbocycles. The molecule has 0 atom stereocenters. The average molecular weight is 286 g/mol. The predicted molar refractivity (Wildman–Crippen MR) is 81.0 cm³/mol. The zero-order chi connectivity index (χ0) is 14.8. The van der Waals surface area contributed by atoms with Crippen LogP contribution in [0.4, 0.5) is 11.6 Å². The van der Waals surface area contributed by atoms with Gasteiger partial charge in [-0.1, -0.05) is 0 Å². The van der Waals surface area contributed by atoms with Crippen LogP contribution < -0.4 is 15.4 Å². The van der Waals surface area contributed by atoms with Crippen LogP contribution in [0.15, 0.2) is 24.4 Å². The molecule has 2 N–H and O–H groups in total. The molecule has 0 spiro atoms. The molecular weight excluding hydrogens is 268 g/mol. The van der Waals surface area contributed by atoms with E-state index in [-0.39, 0.29) is 5.91 Å². The molecule has 0 radical (unpaired) electrons. The molecule has 0 unspecified atom stereocenters. The Morgan fingerprint density at radius 3 is 3.05 bits per heavy atom. The Labute approximate surface area is 123 Å². The number of imidazole rings is 1. The van der Waals surface area contributed by atoms with Gasteiger partial charge in [0, 0.05) is 25.0 Å². The number of aromatic nitrogens is 2. The number of amides is 1. The summed E-state index contributed by atoms with van der Waals surface area (Å²) in [5.41, 5.74) is 2.14. The highest BCUT2D eigenvalue weighted by molar-refractivity contribution is 6.03. The lowest BCUT2D eigenvalue weighted by atomic mass is 10.2. The van der Waals surface area contributed by atoms with Crippen LogP contribution in [0, 0.1) is 6.92 Å². The van der Waals surface area contributed by atoms with Crippen molar-refractivity contribution in [1.29, 1.82) is 0 Å². The zero-order valence-electron chi connectivity index (χ0n) is 12.1. The number of nitrogens with zero attached hydrogens (tertiary/aromatic N) is 2.